The molecule has 7 nitrogen and oxygen atoms in total. The van der Waals surface area contributed by atoms with Crippen molar-refractivity contribution in [1.29, 1.82) is 0 Å². The Kier molecular flexibility index (Phi) is 6.40. The quantitative estimate of drug-likeness (QED) is 0.597. The van der Waals surface area contributed by atoms with Gasteiger partial charge in [0, 0.05) is 13.1 Å². The molecule has 0 radical (unpaired) electrons. The van der Waals surface area contributed by atoms with Gasteiger partial charge in [-0.05, 0) is 31.9 Å². The molecule has 1 aromatic carbocycles. The second-order valence-electron chi connectivity index (χ2n) is 4.92. The number of aromatic nitrogens is 2. The summed E-state index contributed by atoms with van der Waals surface area (Å²) in [5.41, 5.74) is 1.16. The molecule has 124 valence electrons. The molecule has 0 saturated heterocycles. The van der Waals surface area contributed by atoms with Crippen molar-refractivity contribution in [2.75, 3.05) is 20.2 Å². The minimum absolute atomic E-state index is 0.352. The predicted octanol–water partition coefficient (Wildman–Crippen LogP) is 1.68. The molecule has 7 heteroatoms. The van der Waals surface area contributed by atoms with Gasteiger partial charge in [-0.3, -0.25) is 0 Å². The molecular weight excluding hydrogens is 294 g/mol. The number of benzene rings is 1. The van der Waals surface area contributed by atoms with Gasteiger partial charge in [-0.1, -0.05) is 23.4 Å². The van der Waals surface area contributed by atoms with E-state index >= 15 is 0 Å². The van der Waals surface area contributed by atoms with Crippen molar-refractivity contribution < 1.29 is 9.26 Å². The molecule has 1 heterocycles. The van der Waals surface area contributed by atoms with E-state index in [0.717, 1.165) is 36.8 Å². The summed E-state index contributed by atoms with van der Waals surface area (Å²) in [5.74, 6) is 2.74. The minimum Gasteiger partial charge on any atom is -0.496 e. The van der Waals surface area contributed by atoms with Crippen molar-refractivity contribution in [2.24, 2.45) is 4.99 Å². The zero-order valence-corrected chi connectivity index (χ0v) is 13.8. The fourth-order valence-electron chi connectivity index (χ4n) is 2.12. The van der Waals surface area contributed by atoms with Crippen LogP contribution in [-0.4, -0.2) is 36.3 Å². The summed E-state index contributed by atoms with van der Waals surface area (Å²) in [6, 6.07) is 8.00. The zero-order valence-electron chi connectivity index (χ0n) is 13.8. The summed E-state index contributed by atoms with van der Waals surface area (Å²) in [4.78, 5) is 8.57. The zero-order chi connectivity index (χ0) is 16.5. The van der Waals surface area contributed by atoms with Crippen LogP contribution in [0.2, 0.25) is 0 Å². The Labute approximate surface area is 136 Å². The van der Waals surface area contributed by atoms with Crippen LogP contribution in [0, 0.1) is 6.92 Å². The smallest absolute Gasteiger partial charge is 0.248 e. The molecule has 2 N–H and O–H groups in total. The Morgan fingerprint density at radius 3 is 2.83 bits per heavy atom. The van der Waals surface area contributed by atoms with E-state index in [-0.39, 0.29) is 0 Å². The van der Waals surface area contributed by atoms with E-state index in [1.54, 1.807) is 14.0 Å². The Bertz CT molecular complexity index is 639. The number of nitrogens with zero attached hydrogens (tertiary/aromatic N) is 3. The SMILES string of the molecule is CCNC(=NCc1nc(C)no1)NCCc1ccccc1OC. The van der Waals surface area contributed by atoms with E-state index in [1.165, 1.54) is 0 Å². The maximum atomic E-state index is 5.36. The van der Waals surface area contributed by atoms with Gasteiger partial charge >= 0.3 is 0 Å². The Hall–Kier alpha value is -2.57. The molecule has 0 unspecified atom stereocenters. The lowest BCUT2D eigenvalue weighted by Gasteiger charge is -2.12. The maximum absolute atomic E-state index is 5.36. The number of methoxy groups -OCH3 is 1. The number of rotatable bonds is 7. The van der Waals surface area contributed by atoms with E-state index < -0.39 is 0 Å². The number of aryl methyl sites for hydroxylation is 1. The molecule has 0 aliphatic heterocycles. The first-order valence-corrected chi connectivity index (χ1v) is 7.66. The van der Waals surface area contributed by atoms with Crippen LogP contribution in [0.5, 0.6) is 5.75 Å². The highest BCUT2D eigenvalue weighted by Crippen LogP contribution is 2.17. The summed E-state index contributed by atoms with van der Waals surface area (Å²) < 4.78 is 10.4. The van der Waals surface area contributed by atoms with Crippen molar-refractivity contribution in [3.8, 4) is 5.75 Å². The summed E-state index contributed by atoms with van der Waals surface area (Å²) >= 11 is 0. The third kappa shape index (κ3) is 5.28. The minimum atomic E-state index is 0.352. The van der Waals surface area contributed by atoms with Crippen LogP contribution in [-0.2, 0) is 13.0 Å². The second-order valence-corrected chi connectivity index (χ2v) is 4.92. The van der Waals surface area contributed by atoms with Gasteiger partial charge in [0.1, 0.15) is 12.3 Å². The summed E-state index contributed by atoms with van der Waals surface area (Å²) in [5, 5.41) is 10.2. The lowest BCUT2D eigenvalue weighted by molar-refractivity contribution is 0.376. The molecule has 23 heavy (non-hydrogen) atoms. The number of ether oxygens (including phenoxy) is 1. The number of nitrogens with one attached hydrogen (secondary N) is 2. The largest absolute Gasteiger partial charge is 0.496 e. The van der Waals surface area contributed by atoms with E-state index in [2.05, 4.69) is 31.8 Å². The third-order valence-electron chi connectivity index (χ3n) is 3.17. The van der Waals surface area contributed by atoms with Gasteiger partial charge in [0.15, 0.2) is 11.8 Å². The first kappa shape index (κ1) is 16.8. The van der Waals surface area contributed by atoms with E-state index in [0.29, 0.717) is 18.3 Å². The van der Waals surface area contributed by atoms with Crippen molar-refractivity contribution in [2.45, 2.75) is 26.8 Å². The highest BCUT2D eigenvalue weighted by Gasteiger charge is 2.04. The maximum Gasteiger partial charge on any atom is 0.248 e. The Balaban J connectivity index is 1.89. The lowest BCUT2D eigenvalue weighted by atomic mass is 10.1. The first-order valence-electron chi connectivity index (χ1n) is 7.66. The van der Waals surface area contributed by atoms with Crippen LogP contribution >= 0.6 is 0 Å². The normalized spacial score (nSPS) is 11.3. The molecule has 0 amide bonds. The molecule has 0 saturated carbocycles. The lowest BCUT2D eigenvalue weighted by Crippen LogP contribution is -2.38. The first-order chi connectivity index (χ1) is 11.2. The van der Waals surface area contributed by atoms with Gasteiger partial charge in [-0.2, -0.15) is 4.98 Å². The summed E-state index contributed by atoms with van der Waals surface area (Å²) in [7, 11) is 1.68. The summed E-state index contributed by atoms with van der Waals surface area (Å²) in [6.07, 6.45) is 0.841. The van der Waals surface area contributed by atoms with Crippen molar-refractivity contribution in [3.63, 3.8) is 0 Å². The van der Waals surface area contributed by atoms with Gasteiger partial charge in [0.05, 0.1) is 7.11 Å². The monoisotopic (exact) mass is 317 g/mol. The second kappa shape index (κ2) is 8.77. The van der Waals surface area contributed by atoms with Crippen molar-refractivity contribution >= 4 is 5.96 Å². The fraction of sp³-hybridized carbons (Fsp3) is 0.438. The van der Waals surface area contributed by atoms with Gasteiger partial charge in [-0.25, -0.2) is 4.99 Å². The van der Waals surface area contributed by atoms with Gasteiger partial charge in [0.2, 0.25) is 5.89 Å². The molecule has 2 aromatic rings. The van der Waals surface area contributed by atoms with Crippen LogP contribution in [0.4, 0.5) is 0 Å². The molecule has 0 spiro atoms. The fourth-order valence-corrected chi connectivity index (χ4v) is 2.12. The van der Waals surface area contributed by atoms with Gasteiger partial charge in [-0.15, -0.1) is 0 Å². The Morgan fingerprint density at radius 1 is 1.30 bits per heavy atom. The number of aliphatic imine (C=N–C) groups is 1. The highest BCUT2D eigenvalue weighted by molar-refractivity contribution is 5.79. The van der Waals surface area contributed by atoms with E-state index in [9.17, 15) is 0 Å². The average molecular weight is 317 g/mol. The molecule has 0 fully saturated rings. The van der Waals surface area contributed by atoms with Gasteiger partial charge < -0.3 is 19.9 Å². The predicted molar refractivity (Wildman–Crippen MR) is 88.6 cm³/mol. The molecule has 0 atom stereocenters. The molecule has 1 aromatic heterocycles. The van der Waals surface area contributed by atoms with Crippen molar-refractivity contribution in [3.05, 3.63) is 41.5 Å². The molecular formula is C16H23N5O2. The third-order valence-corrected chi connectivity index (χ3v) is 3.17. The number of para-hydroxylation sites is 1. The van der Waals surface area contributed by atoms with Crippen molar-refractivity contribution in [1.82, 2.24) is 20.8 Å². The summed E-state index contributed by atoms with van der Waals surface area (Å²) in [6.45, 7) is 5.69. The molecule has 0 aliphatic carbocycles. The number of hydrogen-bond donors (Lipinski definition) is 2. The van der Waals surface area contributed by atoms with Gasteiger partial charge in [0.25, 0.3) is 0 Å². The molecule has 0 aliphatic rings. The molecule has 0 bridgehead atoms. The Morgan fingerprint density at radius 2 is 2.13 bits per heavy atom. The number of guanidine groups is 1. The topological polar surface area (TPSA) is 84.6 Å². The van der Waals surface area contributed by atoms with E-state index in [1.807, 2.05) is 25.1 Å². The van der Waals surface area contributed by atoms with Crippen LogP contribution in [0.1, 0.15) is 24.2 Å². The molecule has 2 rings (SSSR count). The van der Waals surface area contributed by atoms with Crippen LogP contribution in [0.25, 0.3) is 0 Å². The van der Waals surface area contributed by atoms with Crippen LogP contribution in [0.3, 0.4) is 0 Å². The highest BCUT2D eigenvalue weighted by atomic mass is 16.5. The average Bonchev–Trinajstić information content (AvgIpc) is 2.98. The van der Waals surface area contributed by atoms with E-state index in [4.69, 9.17) is 9.26 Å². The van der Waals surface area contributed by atoms with Crippen LogP contribution in [0.15, 0.2) is 33.8 Å². The standard InChI is InChI=1S/C16H23N5O2/c1-4-17-16(19-11-15-20-12(2)21-23-15)18-10-9-13-7-5-6-8-14(13)22-3/h5-8H,4,9-11H2,1-3H3,(H2,17,18,19). The van der Waals surface area contributed by atoms with Crippen LogP contribution < -0.4 is 15.4 Å². The number of hydrogen-bond acceptors (Lipinski definition) is 5.